The van der Waals surface area contributed by atoms with Gasteiger partial charge in [-0.05, 0) is 19.3 Å². The molecule has 1 aliphatic heterocycles. The zero-order chi connectivity index (χ0) is 13.5. The van der Waals surface area contributed by atoms with Crippen molar-refractivity contribution < 1.29 is 13.7 Å². The average Bonchev–Trinajstić information content (AvgIpc) is 2.49. The van der Waals surface area contributed by atoms with E-state index < -0.39 is 10.8 Å². The Hall–Kier alpha value is -1.00. The highest BCUT2D eigenvalue weighted by molar-refractivity contribution is 7.85. The lowest BCUT2D eigenvalue weighted by molar-refractivity contribution is 0.0978. The minimum absolute atomic E-state index is 0.143. The number of Topliss-reactive ketones (excluding diaryl/α,β-unsaturated/α-hetero) is 1. The predicted molar refractivity (Wildman–Crippen MR) is 76.9 cm³/mol. The highest BCUT2D eigenvalue weighted by Gasteiger charge is 2.20. The number of carbonyl (C=O) groups excluding carboxylic acids is 1. The zero-order valence-corrected chi connectivity index (χ0v) is 11.9. The van der Waals surface area contributed by atoms with Gasteiger partial charge in [0.15, 0.2) is 5.78 Å². The van der Waals surface area contributed by atoms with Crippen LogP contribution in [0, 0.1) is 0 Å². The second-order valence-corrected chi connectivity index (χ2v) is 6.63. The number of rotatable bonds is 6. The van der Waals surface area contributed by atoms with E-state index in [4.69, 9.17) is 4.74 Å². The summed E-state index contributed by atoms with van der Waals surface area (Å²) in [4.78, 5) is 11.9. The van der Waals surface area contributed by atoms with E-state index in [1.165, 1.54) is 0 Å². The summed E-state index contributed by atoms with van der Waals surface area (Å²) in [6, 6.07) is 9.30. The van der Waals surface area contributed by atoms with Crippen molar-refractivity contribution >= 4 is 16.6 Å². The van der Waals surface area contributed by atoms with Crippen molar-refractivity contribution in [2.75, 3.05) is 19.0 Å². The van der Waals surface area contributed by atoms with E-state index >= 15 is 0 Å². The smallest absolute Gasteiger partial charge is 0.162 e. The minimum atomic E-state index is -0.812. The molecule has 0 aromatic heterocycles. The molecular formula is C15H20O3S. The fraction of sp³-hybridized carbons (Fsp3) is 0.533. The number of ketones is 1. The van der Waals surface area contributed by atoms with Crippen LogP contribution < -0.4 is 0 Å². The highest BCUT2D eigenvalue weighted by atomic mass is 32.2. The summed E-state index contributed by atoms with van der Waals surface area (Å²) in [7, 11) is -0.812. The third-order valence-electron chi connectivity index (χ3n) is 3.39. The van der Waals surface area contributed by atoms with Crippen molar-refractivity contribution in [1.82, 2.24) is 0 Å². The van der Waals surface area contributed by atoms with Crippen LogP contribution in [-0.4, -0.2) is 34.2 Å². The Balaban J connectivity index is 1.71. The molecule has 2 rings (SSSR count). The first-order valence-corrected chi connectivity index (χ1v) is 8.19. The quantitative estimate of drug-likeness (QED) is 0.752. The summed E-state index contributed by atoms with van der Waals surface area (Å²) in [5.41, 5.74) is 0.749. The van der Waals surface area contributed by atoms with E-state index in [2.05, 4.69) is 0 Å². The van der Waals surface area contributed by atoms with Crippen molar-refractivity contribution in [2.24, 2.45) is 0 Å². The third-order valence-corrected chi connectivity index (χ3v) is 5.29. The predicted octanol–water partition coefficient (Wildman–Crippen LogP) is 2.58. The number of ether oxygens (including phenoxy) is 1. The first kappa shape index (κ1) is 14.4. The average molecular weight is 280 g/mol. The van der Waals surface area contributed by atoms with E-state index in [9.17, 15) is 9.00 Å². The van der Waals surface area contributed by atoms with Crippen molar-refractivity contribution in [3.8, 4) is 0 Å². The summed E-state index contributed by atoms with van der Waals surface area (Å²) in [6.45, 7) is 1.44. The Morgan fingerprint density at radius 3 is 2.58 bits per heavy atom. The molecule has 0 spiro atoms. The molecule has 1 atom stereocenters. The molecule has 1 saturated heterocycles. The summed E-state index contributed by atoms with van der Waals surface area (Å²) in [5, 5.41) is 0.264. The second kappa shape index (κ2) is 7.56. The van der Waals surface area contributed by atoms with E-state index in [1.54, 1.807) is 0 Å². The molecule has 1 aliphatic rings. The molecule has 3 nitrogen and oxygen atoms in total. The van der Waals surface area contributed by atoms with Crippen LogP contribution in [0.5, 0.6) is 0 Å². The van der Waals surface area contributed by atoms with Gasteiger partial charge in [0.2, 0.25) is 0 Å². The van der Waals surface area contributed by atoms with Crippen LogP contribution in [0.25, 0.3) is 0 Å². The van der Waals surface area contributed by atoms with Crippen LogP contribution >= 0.6 is 0 Å². The summed E-state index contributed by atoms with van der Waals surface area (Å²) in [5.74, 6) is 0.771. The third kappa shape index (κ3) is 4.55. The van der Waals surface area contributed by atoms with Gasteiger partial charge in [-0.2, -0.15) is 0 Å². The molecule has 0 saturated carbocycles. The summed E-state index contributed by atoms with van der Waals surface area (Å²) < 4.78 is 17.3. The van der Waals surface area contributed by atoms with Gasteiger partial charge in [0.1, 0.15) is 0 Å². The van der Waals surface area contributed by atoms with Crippen molar-refractivity contribution in [3.05, 3.63) is 35.9 Å². The van der Waals surface area contributed by atoms with Crippen LogP contribution in [0.4, 0.5) is 0 Å². The minimum Gasteiger partial charge on any atom is -0.381 e. The molecule has 0 bridgehead atoms. The summed E-state index contributed by atoms with van der Waals surface area (Å²) >= 11 is 0. The number of hydrogen-bond donors (Lipinski definition) is 0. The zero-order valence-electron chi connectivity index (χ0n) is 11.0. The Morgan fingerprint density at radius 2 is 1.89 bits per heavy atom. The SMILES string of the molecule is O=C(CCCS(=O)C1CCOCC1)c1ccccc1. The molecule has 1 unspecified atom stereocenters. The topological polar surface area (TPSA) is 43.4 Å². The standard InChI is InChI=1S/C15H20O3S/c16-15(13-5-2-1-3-6-13)7-4-12-19(17)14-8-10-18-11-9-14/h1-3,5-6,14H,4,7-12H2. The molecule has 1 aromatic rings. The van der Waals surface area contributed by atoms with Gasteiger partial charge in [-0.15, -0.1) is 0 Å². The summed E-state index contributed by atoms with van der Waals surface area (Å²) in [6.07, 6.45) is 2.97. The highest BCUT2D eigenvalue weighted by Crippen LogP contribution is 2.15. The van der Waals surface area contributed by atoms with Gasteiger partial charge in [-0.3, -0.25) is 9.00 Å². The fourth-order valence-corrected chi connectivity index (χ4v) is 3.73. The molecule has 104 valence electrons. The van der Waals surface area contributed by atoms with Gasteiger partial charge >= 0.3 is 0 Å². The lowest BCUT2D eigenvalue weighted by atomic mass is 10.1. The van der Waals surface area contributed by atoms with Crippen LogP contribution in [0.15, 0.2) is 30.3 Å². The molecule has 0 N–H and O–H groups in total. The van der Waals surface area contributed by atoms with Crippen molar-refractivity contribution in [1.29, 1.82) is 0 Å². The van der Waals surface area contributed by atoms with E-state index in [0.29, 0.717) is 18.6 Å². The van der Waals surface area contributed by atoms with Crippen LogP contribution in [-0.2, 0) is 15.5 Å². The second-order valence-electron chi connectivity index (χ2n) is 4.79. The Morgan fingerprint density at radius 1 is 1.21 bits per heavy atom. The lowest BCUT2D eigenvalue weighted by Crippen LogP contribution is -2.26. The van der Waals surface area contributed by atoms with Crippen molar-refractivity contribution in [2.45, 2.75) is 30.9 Å². The monoisotopic (exact) mass is 280 g/mol. The van der Waals surface area contributed by atoms with Gasteiger partial charge in [0.05, 0.1) is 0 Å². The maximum Gasteiger partial charge on any atom is 0.162 e. The maximum absolute atomic E-state index is 12.1. The molecule has 0 amide bonds. The van der Waals surface area contributed by atoms with Gasteiger partial charge in [0, 0.05) is 47.0 Å². The van der Waals surface area contributed by atoms with Crippen LogP contribution in [0.3, 0.4) is 0 Å². The molecule has 0 aliphatic carbocycles. The largest absolute Gasteiger partial charge is 0.381 e. The molecule has 4 heteroatoms. The fourth-order valence-electron chi connectivity index (χ4n) is 2.25. The molecule has 1 fully saturated rings. The van der Waals surface area contributed by atoms with Gasteiger partial charge in [-0.1, -0.05) is 30.3 Å². The van der Waals surface area contributed by atoms with E-state index in [1.807, 2.05) is 30.3 Å². The van der Waals surface area contributed by atoms with Gasteiger partial charge in [-0.25, -0.2) is 0 Å². The Kier molecular flexibility index (Phi) is 5.73. The molecule has 1 heterocycles. The Labute approximate surface area is 116 Å². The van der Waals surface area contributed by atoms with Gasteiger partial charge < -0.3 is 4.74 Å². The Bertz CT molecular complexity index is 424. The number of carbonyl (C=O) groups is 1. The normalized spacial score (nSPS) is 18.1. The van der Waals surface area contributed by atoms with Gasteiger partial charge in [0.25, 0.3) is 0 Å². The first-order valence-electron chi connectivity index (χ1n) is 6.80. The molecule has 19 heavy (non-hydrogen) atoms. The van der Waals surface area contributed by atoms with Crippen LogP contribution in [0.2, 0.25) is 0 Å². The van der Waals surface area contributed by atoms with Crippen molar-refractivity contribution in [3.63, 3.8) is 0 Å². The van der Waals surface area contributed by atoms with E-state index in [-0.39, 0.29) is 11.0 Å². The molecule has 0 radical (unpaired) electrons. The number of benzene rings is 1. The molecular weight excluding hydrogens is 260 g/mol. The maximum atomic E-state index is 12.1. The molecule has 1 aromatic carbocycles. The first-order chi connectivity index (χ1) is 9.27. The van der Waals surface area contributed by atoms with E-state index in [0.717, 1.165) is 31.6 Å². The lowest BCUT2D eigenvalue weighted by Gasteiger charge is -2.21. The van der Waals surface area contributed by atoms with Crippen LogP contribution in [0.1, 0.15) is 36.0 Å². The number of hydrogen-bond acceptors (Lipinski definition) is 3.